The average molecular weight is 429 g/mol. The fraction of sp³-hybridized carbons (Fsp3) is 0.320. The van der Waals surface area contributed by atoms with Gasteiger partial charge in [0.05, 0.1) is 28.5 Å². The molecule has 4 aromatic rings. The van der Waals surface area contributed by atoms with E-state index in [-0.39, 0.29) is 17.0 Å². The molecule has 1 aromatic carbocycles. The molecule has 5 N–H and O–H groups in total. The van der Waals surface area contributed by atoms with Gasteiger partial charge in [-0.2, -0.15) is 5.10 Å². The monoisotopic (exact) mass is 428 g/mol. The topological polar surface area (TPSA) is 111 Å². The highest BCUT2D eigenvalue weighted by molar-refractivity contribution is 6.02. The number of nitrogens with two attached hydrogens (primary N) is 2. The first-order valence-electron chi connectivity index (χ1n) is 10.9. The predicted octanol–water partition coefficient (Wildman–Crippen LogP) is 3.97. The van der Waals surface area contributed by atoms with Crippen molar-refractivity contribution in [1.82, 2.24) is 14.6 Å². The number of hydrogen-bond donors (Lipinski definition) is 3. The number of pyridine rings is 1. The zero-order valence-corrected chi connectivity index (χ0v) is 18.6. The van der Waals surface area contributed by atoms with Crippen molar-refractivity contribution < 1.29 is 4.79 Å². The summed E-state index contributed by atoms with van der Waals surface area (Å²) in [5, 5.41) is 9.14. The van der Waals surface area contributed by atoms with E-state index in [9.17, 15) is 4.79 Å². The van der Waals surface area contributed by atoms with Gasteiger partial charge in [-0.25, -0.2) is 4.52 Å². The molecule has 0 bridgehead atoms. The van der Waals surface area contributed by atoms with Crippen molar-refractivity contribution in [2.24, 2.45) is 16.9 Å². The zero-order chi connectivity index (χ0) is 22.7. The van der Waals surface area contributed by atoms with Crippen molar-refractivity contribution in [3.05, 3.63) is 60.6 Å². The number of benzene rings is 1. The molecule has 0 aliphatic heterocycles. The Morgan fingerprint density at radius 2 is 2.00 bits per heavy atom. The van der Waals surface area contributed by atoms with Gasteiger partial charge in [-0.3, -0.25) is 9.78 Å². The van der Waals surface area contributed by atoms with Crippen molar-refractivity contribution in [2.45, 2.75) is 45.2 Å². The molecule has 0 saturated heterocycles. The van der Waals surface area contributed by atoms with E-state index < -0.39 is 5.91 Å². The van der Waals surface area contributed by atoms with Gasteiger partial charge in [-0.05, 0) is 49.6 Å². The highest BCUT2D eigenvalue weighted by Gasteiger charge is 2.49. The van der Waals surface area contributed by atoms with E-state index in [1.54, 1.807) is 10.7 Å². The Kier molecular flexibility index (Phi) is 4.49. The van der Waals surface area contributed by atoms with E-state index in [0.717, 1.165) is 40.4 Å². The highest BCUT2D eigenvalue weighted by atomic mass is 16.1. The number of anilines is 1. The van der Waals surface area contributed by atoms with Crippen LogP contribution in [0.3, 0.4) is 0 Å². The molecule has 0 radical (unpaired) electrons. The standard InChI is InChI=1S/C25H28N6O/c1-24(2)21(8-9-25(24,3)27)30-22-18(23(26)32)13-29-31-14-17(12-20(22)31)15-6-7-19-16(11-15)5-4-10-28-19/h4-7,10-14,21,30H,8-9,27H2,1-3H3,(H2,26,32)/t21-,25+/m1/s1. The summed E-state index contributed by atoms with van der Waals surface area (Å²) in [4.78, 5) is 16.6. The third-order valence-electron chi connectivity index (χ3n) is 7.45. The number of rotatable bonds is 4. The average Bonchev–Trinajstić information content (AvgIpc) is 3.28. The molecule has 1 aliphatic carbocycles. The minimum Gasteiger partial charge on any atom is -0.379 e. The lowest BCUT2D eigenvalue weighted by Gasteiger charge is -2.39. The van der Waals surface area contributed by atoms with Crippen molar-refractivity contribution >= 4 is 28.0 Å². The van der Waals surface area contributed by atoms with E-state index >= 15 is 0 Å². The summed E-state index contributed by atoms with van der Waals surface area (Å²) in [7, 11) is 0. The molecule has 7 nitrogen and oxygen atoms in total. The quantitative estimate of drug-likeness (QED) is 0.455. The minimum absolute atomic E-state index is 0.104. The van der Waals surface area contributed by atoms with Crippen LogP contribution in [0.15, 0.2) is 55.0 Å². The summed E-state index contributed by atoms with van der Waals surface area (Å²) >= 11 is 0. The van der Waals surface area contributed by atoms with Crippen molar-refractivity contribution in [3.63, 3.8) is 0 Å². The molecular weight excluding hydrogens is 400 g/mol. The second-order valence-corrected chi connectivity index (χ2v) is 9.64. The Labute approximate surface area is 186 Å². The van der Waals surface area contributed by atoms with Crippen LogP contribution in [0.4, 0.5) is 5.69 Å². The maximum absolute atomic E-state index is 12.3. The fourth-order valence-corrected chi connectivity index (χ4v) is 4.76. The first-order valence-corrected chi connectivity index (χ1v) is 10.9. The number of hydrogen-bond acceptors (Lipinski definition) is 5. The molecular formula is C25H28N6O. The number of nitrogens with one attached hydrogen (secondary N) is 1. The van der Waals surface area contributed by atoms with Crippen LogP contribution in [-0.4, -0.2) is 32.1 Å². The SMILES string of the molecule is CC1(C)[C@H](Nc2c(C(N)=O)cnn3cc(-c4ccc5ncccc5c4)cc23)CC[C@]1(C)N. The van der Waals surface area contributed by atoms with Gasteiger partial charge in [0.25, 0.3) is 5.91 Å². The lowest BCUT2D eigenvalue weighted by molar-refractivity contribution is 0.100. The summed E-state index contributed by atoms with van der Waals surface area (Å²) in [5.74, 6) is -0.506. The second-order valence-electron chi connectivity index (χ2n) is 9.64. The number of nitrogens with zero attached hydrogens (tertiary/aromatic N) is 3. The molecule has 1 aliphatic rings. The number of aromatic nitrogens is 3. The first-order chi connectivity index (χ1) is 15.2. The summed E-state index contributed by atoms with van der Waals surface area (Å²) in [5.41, 5.74) is 16.7. The van der Waals surface area contributed by atoms with Crippen LogP contribution < -0.4 is 16.8 Å². The van der Waals surface area contributed by atoms with E-state index in [2.05, 4.69) is 42.2 Å². The maximum atomic E-state index is 12.3. The molecule has 2 atom stereocenters. The number of carbonyl (C=O) groups is 1. The molecule has 32 heavy (non-hydrogen) atoms. The van der Waals surface area contributed by atoms with Crippen LogP contribution >= 0.6 is 0 Å². The molecule has 0 unspecified atom stereocenters. The van der Waals surface area contributed by atoms with E-state index in [1.165, 1.54) is 6.20 Å². The van der Waals surface area contributed by atoms with E-state index in [0.29, 0.717) is 11.3 Å². The third kappa shape index (κ3) is 3.12. The van der Waals surface area contributed by atoms with Gasteiger partial charge in [0.15, 0.2) is 0 Å². The third-order valence-corrected chi connectivity index (χ3v) is 7.45. The first kappa shape index (κ1) is 20.5. The molecule has 0 spiro atoms. The van der Waals surface area contributed by atoms with E-state index in [1.807, 2.05) is 36.5 Å². The maximum Gasteiger partial charge on any atom is 0.252 e. The smallest absolute Gasteiger partial charge is 0.252 e. The summed E-state index contributed by atoms with van der Waals surface area (Å²) in [6.45, 7) is 6.44. The molecule has 5 rings (SSSR count). The van der Waals surface area contributed by atoms with Gasteiger partial charge in [-0.1, -0.05) is 26.0 Å². The zero-order valence-electron chi connectivity index (χ0n) is 18.6. The lowest BCUT2D eigenvalue weighted by Crippen LogP contribution is -2.51. The van der Waals surface area contributed by atoms with Crippen LogP contribution in [0.25, 0.3) is 27.5 Å². The largest absolute Gasteiger partial charge is 0.379 e. The Morgan fingerprint density at radius 1 is 1.19 bits per heavy atom. The van der Waals surface area contributed by atoms with Gasteiger partial charge < -0.3 is 16.8 Å². The fourth-order valence-electron chi connectivity index (χ4n) is 4.76. The van der Waals surface area contributed by atoms with Gasteiger partial charge in [0.2, 0.25) is 0 Å². The highest BCUT2D eigenvalue weighted by Crippen LogP contribution is 2.46. The number of amides is 1. The number of primary amides is 1. The number of carbonyl (C=O) groups excluding carboxylic acids is 1. The Morgan fingerprint density at radius 3 is 2.72 bits per heavy atom. The molecule has 1 saturated carbocycles. The van der Waals surface area contributed by atoms with Crippen molar-refractivity contribution in [2.75, 3.05) is 5.32 Å². The van der Waals surface area contributed by atoms with Crippen LogP contribution in [-0.2, 0) is 0 Å². The molecule has 3 heterocycles. The van der Waals surface area contributed by atoms with Crippen molar-refractivity contribution in [1.29, 1.82) is 0 Å². The van der Waals surface area contributed by atoms with Gasteiger partial charge in [-0.15, -0.1) is 0 Å². The van der Waals surface area contributed by atoms with Crippen LogP contribution in [0, 0.1) is 5.41 Å². The normalized spacial score (nSPS) is 22.4. The summed E-state index contributed by atoms with van der Waals surface area (Å²) in [6.07, 6.45) is 7.12. The predicted molar refractivity (Wildman–Crippen MR) is 127 cm³/mol. The van der Waals surface area contributed by atoms with Crippen molar-refractivity contribution in [3.8, 4) is 11.1 Å². The molecule has 1 fully saturated rings. The Hall–Kier alpha value is -3.45. The van der Waals surface area contributed by atoms with Crippen LogP contribution in [0.2, 0.25) is 0 Å². The molecule has 3 aromatic heterocycles. The Balaban J connectivity index is 1.62. The molecule has 1 amide bonds. The van der Waals surface area contributed by atoms with Gasteiger partial charge >= 0.3 is 0 Å². The number of fused-ring (bicyclic) bond motifs is 2. The van der Waals surface area contributed by atoms with Gasteiger partial charge in [0.1, 0.15) is 0 Å². The van der Waals surface area contributed by atoms with Crippen LogP contribution in [0.1, 0.15) is 44.0 Å². The van der Waals surface area contributed by atoms with Gasteiger partial charge in [0, 0.05) is 40.3 Å². The minimum atomic E-state index is -0.506. The second kappa shape index (κ2) is 7.03. The molecule has 164 valence electrons. The summed E-state index contributed by atoms with van der Waals surface area (Å²) < 4.78 is 1.79. The van der Waals surface area contributed by atoms with Crippen LogP contribution in [0.5, 0.6) is 0 Å². The Bertz CT molecular complexity index is 1350. The lowest BCUT2D eigenvalue weighted by atomic mass is 9.75. The molecule has 7 heteroatoms. The van der Waals surface area contributed by atoms with E-state index in [4.69, 9.17) is 11.5 Å². The summed E-state index contributed by atoms with van der Waals surface area (Å²) in [6, 6.07) is 12.3.